The molecule has 0 aromatic carbocycles. The van der Waals surface area contributed by atoms with E-state index in [9.17, 15) is 9.90 Å². The van der Waals surface area contributed by atoms with Crippen molar-refractivity contribution in [2.24, 2.45) is 0 Å². The number of carbonyl (C=O) groups is 1. The van der Waals surface area contributed by atoms with Crippen LogP contribution in [0.15, 0.2) is 0 Å². The summed E-state index contributed by atoms with van der Waals surface area (Å²) in [5, 5.41) is 16.6. The molecule has 0 amide bonds. The van der Waals surface area contributed by atoms with Gasteiger partial charge < -0.3 is 34.7 Å². The van der Waals surface area contributed by atoms with Gasteiger partial charge in [0.05, 0.1) is 12.6 Å². The Morgan fingerprint density at radius 2 is 1.90 bits per heavy atom. The van der Waals surface area contributed by atoms with E-state index >= 15 is 0 Å². The van der Waals surface area contributed by atoms with Gasteiger partial charge in [0.1, 0.15) is 6.10 Å². The van der Waals surface area contributed by atoms with Crippen molar-refractivity contribution in [3.05, 3.63) is 0 Å². The molecule has 2 rings (SSSR count). The van der Waals surface area contributed by atoms with Gasteiger partial charge in [-0.15, -0.1) is 0 Å². The van der Waals surface area contributed by atoms with Gasteiger partial charge in [0.15, 0.2) is 29.4 Å². The Bertz CT molecular complexity index is 547. The number of aliphatic hydroxyl groups is 1. The fourth-order valence-corrected chi connectivity index (χ4v) is 3.97. The van der Waals surface area contributed by atoms with Gasteiger partial charge in [-0.3, -0.25) is 4.79 Å². The van der Waals surface area contributed by atoms with E-state index in [2.05, 4.69) is 17.6 Å². The van der Waals surface area contributed by atoms with Crippen molar-refractivity contribution in [2.45, 2.75) is 103 Å². The fraction of sp³-hybridized carbons (Fsp3) is 0.900. The minimum atomic E-state index is -0.825. The van der Waals surface area contributed by atoms with E-state index in [0.717, 1.165) is 19.4 Å². The molecule has 0 aliphatic carbocycles. The molecule has 3 N–H and O–H groups in total. The first-order valence-corrected chi connectivity index (χ1v) is 11.0. The van der Waals surface area contributed by atoms with Gasteiger partial charge in [-0.25, -0.2) is 0 Å². The normalized spacial score (nSPS) is 28.6. The van der Waals surface area contributed by atoms with E-state index in [-0.39, 0.29) is 6.61 Å². The lowest BCUT2D eigenvalue weighted by Crippen LogP contribution is -2.54. The van der Waals surface area contributed by atoms with Crippen molar-refractivity contribution in [2.75, 3.05) is 13.2 Å². The average molecular weight is 433 g/mol. The molecular formula is C20H36N2O6S. The minimum absolute atomic E-state index is 0.246. The third-order valence-corrected chi connectivity index (χ3v) is 5.32. The first-order valence-electron chi connectivity index (χ1n) is 10.6. The summed E-state index contributed by atoms with van der Waals surface area (Å²) in [7, 11) is 0. The second kappa shape index (κ2) is 11.4. The molecule has 2 fully saturated rings. The first-order chi connectivity index (χ1) is 13.8. The SMILES string of the molecule is CCCCCCCCNC(=S)N[C@H](CO)[C@H]1O[C@@H]2OC(C)(C)O[C@@H]2[C@H]1OC(C)=O. The van der Waals surface area contributed by atoms with E-state index in [4.69, 9.17) is 31.2 Å². The van der Waals surface area contributed by atoms with Crippen molar-refractivity contribution >= 4 is 23.3 Å². The lowest BCUT2D eigenvalue weighted by atomic mass is 10.0. The van der Waals surface area contributed by atoms with Crippen LogP contribution in [0.3, 0.4) is 0 Å². The largest absolute Gasteiger partial charge is 0.457 e. The highest BCUT2D eigenvalue weighted by Crippen LogP contribution is 2.39. The zero-order chi connectivity index (χ0) is 21.4. The van der Waals surface area contributed by atoms with E-state index in [0.29, 0.717) is 5.11 Å². The summed E-state index contributed by atoms with van der Waals surface area (Å²) in [5.74, 6) is -1.27. The van der Waals surface area contributed by atoms with Crippen LogP contribution in [0.2, 0.25) is 0 Å². The summed E-state index contributed by atoms with van der Waals surface area (Å²) in [5.41, 5.74) is 0. The Hall–Kier alpha value is -1.00. The quantitative estimate of drug-likeness (QED) is 0.257. The lowest BCUT2D eigenvalue weighted by molar-refractivity contribution is -0.222. The van der Waals surface area contributed by atoms with Gasteiger partial charge in [-0.1, -0.05) is 39.0 Å². The van der Waals surface area contributed by atoms with Crippen LogP contribution in [0.1, 0.15) is 66.2 Å². The van der Waals surface area contributed by atoms with Crippen molar-refractivity contribution in [1.82, 2.24) is 10.6 Å². The molecule has 9 heteroatoms. The number of hydrogen-bond donors (Lipinski definition) is 3. The van der Waals surface area contributed by atoms with Crippen molar-refractivity contribution in [1.29, 1.82) is 0 Å². The number of aliphatic hydroxyl groups excluding tert-OH is 1. The molecule has 0 spiro atoms. The molecule has 0 aromatic heterocycles. The molecule has 2 aliphatic heterocycles. The van der Waals surface area contributed by atoms with Gasteiger partial charge in [0, 0.05) is 13.5 Å². The summed E-state index contributed by atoms with van der Waals surface area (Å²) < 4.78 is 23.0. The van der Waals surface area contributed by atoms with Crippen LogP contribution in [0.4, 0.5) is 0 Å². The maximum atomic E-state index is 11.6. The Labute approximate surface area is 179 Å². The molecule has 0 unspecified atom stereocenters. The molecule has 8 nitrogen and oxygen atoms in total. The number of thiocarbonyl (C=S) groups is 1. The molecule has 168 valence electrons. The van der Waals surface area contributed by atoms with E-state index in [1.165, 1.54) is 32.6 Å². The number of unbranched alkanes of at least 4 members (excludes halogenated alkanes) is 5. The lowest BCUT2D eigenvalue weighted by Gasteiger charge is -2.30. The number of hydrogen-bond acceptors (Lipinski definition) is 7. The maximum Gasteiger partial charge on any atom is 0.303 e. The van der Waals surface area contributed by atoms with Crippen molar-refractivity contribution in [3.8, 4) is 0 Å². The zero-order valence-electron chi connectivity index (χ0n) is 17.9. The number of ether oxygens (including phenoxy) is 4. The van der Waals surface area contributed by atoms with Gasteiger partial charge in [-0.05, 0) is 32.5 Å². The monoisotopic (exact) mass is 432 g/mol. The van der Waals surface area contributed by atoms with E-state index in [1.807, 2.05) is 0 Å². The fourth-order valence-electron chi connectivity index (χ4n) is 3.71. The molecule has 0 saturated carbocycles. The number of nitrogens with one attached hydrogen (secondary N) is 2. The van der Waals surface area contributed by atoms with E-state index < -0.39 is 42.4 Å². The summed E-state index contributed by atoms with van der Waals surface area (Å²) in [6.45, 7) is 7.61. The topological polar surface area (TPSA) is 98.3 Å². The molecule has 5 atom stereocenters. The summed E-state index contributed by atoms with van der Waals surface area (Å²) >= 11 is 5.36. The Morgan fingerprint density at radius 3 is 2.55 bits per heavy atom. The van der Waals surface area contributed by atoms with Crippen LogP contribution in [-0.4, -0.2) is 65.8 Å². The molecule has 0 radical (unpaired) electrons. The predicted molar refractivity (Wildman–Crippen MR) is 112 cm³/mol. The molecular weight excluding hydrogens is 396 g/mol. The number of fused-ring (bicyclic) bond motifs is 1. The van der Waals surface area contributed by atoms with Gasteiger partial charge >= 0.3 is 5.97 Å². The first kappa shape index (κ1) is 24.3. The second-order valence-corrected chi connectivity index (χ2v) is 8.51. The molecule has 29 heavy (non-hydrogen) atoms. The highest BCUT2D eigenvalue weighted by atomic mass is 32.1. The highest BCUT2D eigenvalue weighted by Gasteiger charge is 2.58. The zero-order valence-corrected chi connectivity index (χ0v) is 18.8. The van der Waals surface area contributed by atoms with Gasteiger partial charge in [-0.2, -0.15) is 0 Å². The van der Waals surface area contributed by atoms with Gasteiger partial charge in [0.2, 0.25) is 0 Å². The maximum absolute atomic E-state index is 11.6. The summed E-state index contributed by atoms with van der Waals surface area (Å²) in [4.78, 5) is 11.6. The standard InChI is InChI=1S/C20H36N2O6S/c1-5-6-7-8-9-10-11-21-19(29)22-14(12-23)15-16(25-13(2)24)17-18(26-15)28-20(3,4)27-17/h14-18,23H,5-12H2,1-4H3,(H2,21,22,29)/t14-,15-,16+,17-,18-/m1/s1. The predicted octanol–water partition coefficient (Wildman–Crippen LogP) is 1.98. The van der Waals surface area contributed by atoms with Crippen LogP contribution in [0.5, 0.6) is 0 Å². The smallest absolute Gasteiger partial charge is 0.303 e. The van der Waals surface area contributed by atoms with Crippen LogP contribution < -0.4 is 10.6 Å². The Balaban J connectivity index is 1.84. The summed E-state index contributed by atoms with van der Waals surface area (Å²) in [6, 6.07) is -0.565. The number of rotatable bonds is 11. The number of carbonyl (C=O) groups excluding carboxylic acids is 1. The Kier molecular flexibility index (Phi) is 9.55. The number of esters is 1. The van der Waals surface area contributed by atoms with Crippen LogP contribution in [0.25, 0.3) is 0 Å². The third-order valence-electron chi connectivity index (χ3n) is 5.05. The van der Waals surface area contributed by atoms with Crippen LogP contribution in [0, 0.1) is 0 Å². The summed E-state index contributed by atoms with van der Waals surface area (Å²) in [6.07, 6.45) is 4.64. The van der Waals surface area contributed by atoms with Crippen LogP contribution in [-0.2, 0) is 23.7 Å². The van der Waals surface area contributed by atoms with Crippen molar-refractivity contribution in [3.63, 3.8) is 0 Å². The molecule has 0 aromatic rings. The molecule has 2 heterocycles. The Morgan fingerprint density at radius 1 is 1.21 bits per heavy atom. The molecule has 2 aliphatic rings. The van der Waals surface area contributed by atoms with Crippen molar-refractivity contribution < 1.29 is 28.8 Å². The minimum Gasteiger partial charge on any atom is -0.457 e. The van der Waals surface area contributed by atoms with Gasteiger partial charge in [0.25, 0.3) is 0 Å². The molecule has 2 saturated heterocycles. The van der Waals surface area contributed by atoms with E-state index in [1.54, 1.807) is 13.8 Å². The second-order valence-electron chi connectivity index (χ2n) is 8.10. The highest BCUT2D eigenvalue weighted by molar-refractivity contribution is 7.80. The van der Waals surface area contributed by atoms with Crippen LogP contribution >= 0.6 is 12.2 Å². The molecule has 0 bridgehead atoms. The third kappa shape index (κ3) is 7.32. The average Bonchev–Trinajstić information content (AvgIpc) is 3.11.